The minimum absolute atomic E-state index is 0.0424. The van der Waals surface area contributed by atoms with Crippen LogP contribution in [0.4, 0.5) is 5.95 Å². The highest BCUT2D eigenvalue weighted by Gasteiger charge is 2.30. The van der Waals surface area contributed by atoms with E-state index >= 15 is 0 Å². The molecular weight excluding hydrogens is 424 g/mol. The Hall–Kier alpha value is -2.57. The van der Waals surface area contributed by atoms with Crippen LogP contribution in [0.15, 0.2) is 36.4 Å². The van der Waals surface area contributed by atoms with E-state index in [1.807, 2.05) is 13.0 Å². The predicted octanol–water partition coefficient (Wildman–Crippen LogP) is 4.42. The molecule has 1 atom stereocenters. The van der Waals surface area contributed by atoms with Crippen molar-refractivity contribution in [3.8, 4) is 5.69 Å². The number of aryl methyl sites for hydroxylation is 2. The fourth-order valence-corrected chi connectivity index (χ4v) is 4.82. The number of halogens is 1. The van der Waals surface area contributed by atoms with Gasteiger partial charge in [-0.2, -0.15) is 0 Å². The first-order chi connectivity index (χ1) is 15.5. The molecule has 5 rings (SSSR count). The molecule has 7 heteroatoms. The quantitative estimate of drug-likeness (QED) is 0.636. The highest BCUT2D eigenvalue weighted by atomic mass is 35.5. The van der Waals surface area contributed by atoms with Crippen LogP contribution in [0.2, 0.25) is 5.02 Å². The monoisotopic (exact) mass is 452 g/mol. The van der Waals surface area contributed by atoms with Crippen LogP contribution in [0.25, 0.3) is 16.7 Å². The average Bonchev–Trinajstić information content (AvgIpc) is 3.43. The Morgan fingerprint density at radius 2 is 1.88 bits per heavy atom. The first kappa shape index (κ1) is 21.3. The Labute approximate surface area is 193 Å². The number of piperidine rings is 1. The van der Waals surface area contributed by atoms with Crippen LogP contribution in [0.1, 0.15) is 30.4 Å². The predicted molar refractivity (Wildman–Crippen MR) is 128 cm³/mol. The molecule has 0 bridgehead atoms. The summed E-state index contributed by atoms with van der Waals surface area (Å²) < 4.78 is 7.60. The molecule has 6 nitrogen and oxygen atoms in total. The molecule has 2 aromatic carbocycles. The fraction of sp³-hybridized carbons (Fsp3) is 0.440. The lowest BCUT2D eigenvalue weighted by Gasteiger charge is -2.32. The number of benzene rings is 2. The summed E-state index contributed by atoms with van der Waals surface area (Å²) in [6.45, 7) is 7.07. The number of hydrogen-bond acceptors (Lipinski definition) is 4. The van der Waals surface area contributed by atoms with Gasteiger partial charge in [0.15, 0.2) is 0 Å². The van der Waals surface area contributed by atoms with Crippen molar-refractivity contribution in [1.82, 2.24) is 14.9 Å². The van der Waals surface area contributed by atoms with Gasteiger partial charge in [-0.25, -0.2) is 4.98 Å². The van der Waals surface area contributed by atoms with Crippen LogP contribution in [-0.2, 0) is 9.53 Å². The molecule has 2 aliphatic rings. The zero-order valence-electron chi connectivity index (χ0n) is 18.6. The van der Waals surface area contributed by atoms with Gasteiger partial charge in [0.2, 0.25) is 11.9 Å². The first-order valence-electron chi connectivity index (χ1n) is 11.4. The molecule has 0 saturated carbocycles. The Morgan fingerprint density at radius 1 is 1.12 bits per heavy atom. The molecule has 1 amide bonds. The van der Waals surface area contributed by atoms with Gasteiger partial charge >= 0.3 is 0 Å². The van der Waals surface area contributed by atoms with Gasteiger partial charge in [0, 0.05) is 36.3 Å². The molecule has 0 spiro atoms. The summed E-state index contributed by atoms with van der Waals surface area (Å²) in [5.74, 6) is 1.11. The van der Waals surface area contributed by atoms with Gasteiger partial charge in [0.25, 0.3) is 0 Å². The number of rotatable bonds is 4. The van der Waals surface area contributed by atoms with Gasteiger partial charge in [-0.1, -0.05) is 29.3 Å². The molecule has 2 aliphatic heterocycles. The molecule has 2 saturated heterocycles. The van der Waals surface area contributed by atoms with Crippen molar-refractivity contribution < 1.29 is 9.53 Å². The van der Waals surface area contributed by atoms with Crippen LogP contribution in [0, 0.1) is 19.8 Å². The highest BCUT2D eigenvalue weighted by molar-refractivity contribution is 6.32. The van der Waals surface area contributed by atoms with Crippen molar-refractivity contribution in [2.75, 3.05) is 31.2 Å². The molecule has 168 valence electrons. The number of imidazole rings is 1. The van der Waals surface area contributed by atoms with Crippen LogP contribution in [-0.4, -0.2) is 47.8 Å². The summed E-state index contributed by atoms with van der Waals surface area (Å²) in [7, 11) is 0. The highest BCUT2D eigenvalue weighted by Crippen LogP contribution is 2.33. The molecule has 32 heavy (non-hydrogen) atoms. The van der Waals surface area contributed by atoms with Crippen LogP contribution in [0.3, 0.4) is 0 Å². The van der Waals surface area contributed by atoms with Crippen molar-refractivity contribution in [3.05, 3.63) is 52.5 Å². The Bertz CT molecular complexity index is 1130. The van der Waals surface area contributed by atoms with Gasteiger partial charge in [-0.15, -0.1) is 0 Å². The van der Waals surface area contributed by atoms with E-state index < -0.39 is 0 Å². The lowest BCUT2D eigenvalue weighted by molar-refractivity contribution is -0.126. The molecule has 0 aliphatic carbocycles. The third-order valence-electron chi connectivity index (χ3n) is 6.63. The number of aromatic nitrogens is 2. The van der Waals surface area contributed by atoms with E-state index in [0.717, 1.165) is 72.2 Å². The van der Waals surface area contributed by atoms with E-state index in [0.29, 0.717) is 6.61 Å². The number of amides is 1. The lowest BCUT2D eigenvalue weighted by Crippen LogP contribution is -2.44. The lowest BCUT2D eigenvalue weighted by atomic mass is 9.95. The summed E-state index contributed by atoms with van der Waals surface area (Å²) in [4.78, 5) is 20.0. The number of carbonyl (C=O) groups is 1. The fourth-order valence-electron chi connectivity index (χ4n) is 4.66. The van der Waals surface area contributed by atoms with E-state index in [-0.39, 0.29) is 17.9 Å². The Kier molecular flexibility index (Phi) is 5.82. The normalized spacial score (nSPS) is 19.6. The maximum absolute atomic E-state index is 12.7. The standard InChI is InChI=1S/C25H29ClN4O2/c1-16-3-5-20(6-4-16)30-23-13-17(2)21(26)14-22(23)28-25(30)29-10-7-18(8-11-29)24(31)27-19-9-12-32-15-19/h3-6,13-14,18-19H,7-12,15H2,1-2H3,(H,27,31)/t19-/m1/s1. The molecule has 2 fully saturated rings. The van der Waals surface area contributed by atoms with Crippen molar-refractivity contribution in [1.29, 1.82) is 0 Å². The van der Waals surface area contributed by atoms with Gasteiger partial charge in [0.1, 0.15) is 0 Å². The summed E-state index contributed by atoms with van der Waals surface area (Å²) in [6, 6.07) is 12.7. The van der Waals surface area contributed by atoms with E-state index in [1.54, 1.807) is 0 Å². The zero-order chi connectivity index (χ0) is 22.2. The van der Waals surface area contributed by atoms with E-state index in [2.05, 4.69) is 52.0 Å². The second-order valence-electron chi connectivity index (χ2n) is 9.00. The molecule has 3 aromatic rings. The molecule has 3 heterocycles. The third kappa shape index (κ3) is 4.09. The molecule has 1 N–H and O–H groups in total. The number of ether oxygens (including phenoxy) is 1. The third-order valence-corrected chi connectivity index (χ3v) is 7.04. The molecule has 1 aromatic heterocycles. The van der Waals surface area contributed by atoms with Gasteiger partial charge in [0.05, 0.1) is 23.7 Å². The SMILES string of the molecule is Cc1ccc(-n2c(N3CCC(C(=O)N[C@@H]4CCOC4)CC3)nc3cc(Cl)c(C)cc32)cc1. The number of nitrogens with one attached hydrogen (secondary N) is 1. The number of carbonyl (C=O) groups excluding carboxylic acids is 1. The first-order valence-corrected chi connectivity index (χ1v) is 11.8. The summed E-state index contributed by atoms with van der Waals surface area (Å²) >= 11 is 6.41. The smallest absolute Gasteiger partial charge is 0.223 e. The Balaban J connectivity index is 1.42. The topological polar surface area (TPSA) is 59.4 Å². The second-order valence-corrected chi connectivity index (χ2v) is 9.41. The largest absolute Gasteiger partial charge is 0.379 e. The van der Waals surface area contributed by atoms with Crippen molar-refractivity contribution in [2.24, 2.45) is 5.92 Å². The summed E-state index contributed by atoms with van der Waals surface area (Å²) in [5, 5.41) is 3.89. The van der Waals surface area contributed by atoms with Gasteiger partial charge in [-0.05, 0) is 62.9 Å². The minimum atomic E-state index is 0.0424. The van der Waals surface area contributed by atoms with E-state index in [9.17, 15) is 4.79 Å². The van der Waals surface area contributed by atoms with Crippen LogP contribution < -0.4 is 10.2 Å². The second kappa shape index (κ2) is 8.75. The van der Waals surface area contributed by atoms with Gasteiger partial charge in [-0.3, -0.25) is 9.36 Å². The Morgan fingerprint density at radius 3 is 2.56 bits per heavy atom. The maximum Gasteiger partial charge on any atom is 0.223 e. The number of fused-ring (bicyclic) bond motifs is 1. The van der Waals surface area contributed by atoms with Crippen molar-refractivity contribution >= 4 is 34.5 Å². The number of anilines is 1. The maximum atomic E-state index is 12.7. The van der Waals surface area contributed by atoms with Crippen LogP contribution in [0.5, 0.6) is 0 Å². The molecule has 0 radical (unpaired) electrons. The minimum Gasteiger partial charge on any atom is -0.379 e. The summed E-state index contributed by atoms with van der Waals surface area (Å²) in [6.07, 6.45) is 2.54. The van der Waals surface area contributed by atoms with Crippen LogP contribution >= 0.6 is 11.6 Å². The summed E-state index contributed by atoms with van der Waals surface area (Å²) in [5.41, 5.74) is 5.27. The zero-order valence-corrected chi connectivity index (χ0v) is 19.4. The van der Waals surface area contributed by atoms with Crippen molar-refractivity contribution in [2.45, 2.75) is 39.2 Å². The number of nitrogens with zero attached hydrogens (tertiary/aromatic N) is 3. The van der Waals surface area contributed by atoms with E-state index in [4.69, 9.17) is 21.3 Å². The van der Waals surface area contributed by atoms with Crippen molar-refractivity contribution in [3.63, 3.8) is 0 Å². The molecule has 0 unspecified atom stereocenters. The molecular formula is C25H29ClN4O2. The average molecular weight is 453 g/mol. The number of hydrogen-bond donors (Lipinski definition) is 1. The van der Waals surface area contributed by atoms with Gasteiger partial charge < -0.3 is 15.0 Å². The van der Waals surface area contributed by atoms with E-state index in [1.165, 1.54) is 5.56 Å².